The van der Waals surface area contributed by atoms with Crippen molar-refractivity contribution in [1.82, 2.24) is 0 Å². The van der Waals surface area contributed by atoms with Gasteiger partial charge in [0.05, 0.1) is 0 Å². The average Bonchev–Trinajstić information content (AvgIpc) is 2.86. The molecule has 188 valence electrons. The minimum absolute atomic E-state index is 0.578. The third-order valence-electron chi connectivity index (χ3n) is 9.30. The molecule has 0 bridgehead atoms. The SMILES string of the molecule is CC(C)c1cc(C(C)C)c([PH](c2ccccc2)(C2CCCCC2)C2CCCCC2)c(C(C)C)c1. The van der Waals surface area contributed by atoms with E-state index < -0.39 is 7.26 Å². The van der Waals surface area contributed by atoms with Crippen LogP contribution in [0.4, 0.5) is 0 Å². The van der Waals surface area contributed by atoms with E-state index in [1.807, 2.05) is 5.30 Å². The second-order valence-electron chi connectivity index (χ2n) is 12.4. The molecule has 2 aromatic carbocycles. The van der Waals surface area contributed by atoms with Gasteiger partial charge in [-0.15, -0.1) is 0 Å². The van der Waals surface area contributed by atoms with Gasteiger partial charge in [0.25, 0.3) is 0 Å². The van der Waals surface area contributed by atoms with E-state index in [-0.39, 0.29) is 0 Å². The Kier molecular flexibility index (Phi) is 8.61. The summed E-state index contributed by atoms with van der Waals surface area (Å²) in [4.78, 5) is 0. The molecule has 34 heavy (non-hydrogen) atoms. The summed E-state index contributed by atoms with van der Waals surface area (Å²) in [6.07, 6.45) is 14.5. The maximum absolute atomic E-state index is 2.66. The van der Waals surface area contributed by atoms with Crippen LogP contribution >= 0.6 is 7.26 Å². The van der Waals surface area contributed by atoms with E-state index in [0.29, 0.717) is 17.8 Å². The molecule has 0 heterocycles. The summed E-state index contributed by atoms with van der Waals surface area (Å²) < 4.78 is 0. The molecule has 0 aliphatic heterocycles. The molecule has 0 N–H and O–H groups in total. The summed E-state index contributed by atoms with van der Waals surface area (Å²) >= 11 is 0. The zero-order valence-electron chi connectivity index (χ0n) is 23.0. The Morgan fingerprint density at radius 1 is 0.588 bits per heavy atom. The van der Waals surface area contributed by atoms with Crippen LogP contribution in [0.5, 0.6) is 0 Å². The van der Waals surface area contributed by atoms with Gasteiger partial charge in [0.15, 0.2) is 0 Å². The predicted octanol–water partition coefficient (Wildman–Crippen LogP) is 9.42. The molecule has 0 radical (unpaired) electrons. The van der Waals surface area contributed by atoms with E-state index in [1.54, 1.807) is 22.0 Å². The van der Waals surface area contributed by atoms with Crippen LogP contribution < -0.4 is 10.6 Å². The van der Waals surface area contributed by atoms with E-state index in [1.165, 1.54) is 64.2 Å². The van der Waals surface area contributed by atoms with Gasteiger partial charge in [-0.3, -0.25) is 0 Å². The van der Waals surface area contributed by atoms with Crippen molar-refractivity contribution in [3.63, 3.8) is 0 Å². The van der Waals surface area contributed by atoms with E-state index >= 15 is 0 Å². The van der Waals surface area contributed by atoms with Crippen LogP contribution in [0, 0.1) is 0 Å². The molecule has 0 atom stereocenters. The maximum atomic E-state index is 2.66. The van der Waals surface area contributed by atoms with Gasteiger partial charge in [0.1, 0.15) is 0 Å². The van der Waals surface area contributed by atoms with Crippen molar-refractivity contribution in [1.29, 1.82) is 0 Å². The minimum atomic E-state index is -2.02. The Labute approximate surface area is 211 Å². The Balaban J connectivity index is 2.11. The third kappa shape index (κ3) is 4.91. The molecule has 4 rings (SSSR count). The third-order valence-corrected chi connectivity index (χ3v) is 15.7. The van der Waals surface area contributed by atoms with Crippen molar-refractivity contribution >= 4 is 17.9 Å². The summed E-state index contributed by atoms with van der Waals surface area (Å²) in [5.41, 5.74) is 6.76. The van der Waals surface area contributed by atoms with Gasteiger partial charge in [0, 0.05) is 0 Å². The number of rotatable bonds is 7. The second kappa shape index (κ2) is 11.3. The average molecular weight is 479 g/mol. The summed E-state index contributed by atoms with van der Waals surface area (Å²) in [5, 5.41) is 3.65. The van der Waals surface area contributed by atoms with Crippen LogP contribution in [0.3, 0.4) is 0 Å². The fraction of sp³-hybridized carbons (Fsp3) is 0.636. The van der Waals surface area contributed by atoms with Gasteiger partial charge >= 0.3 is 212 Å². The van der Waals surface area contributed by atoms with Crippen molar-refractivity contribution in [3.05, 3.63) is 59.2 Å². The first kappa shape index (κ1) is 25.9. The second-order valence-corrected chi connectivity index (χ2v) is 16.9. The quantitative estimate of drug-likeness (QED) is 0.348. The first-order chi connectivity index (χ1) is 16.4. The van der Waals surface area contributed by atoms with Gasteiger partial charge in [-0.2, -0.15) is 0 Å². The van der Waals surface area contributed by atoms with Crippen LogP contribution in [0.25, 0.3) is 0 Å². The molecule has 2 saturated carbocycles. The Morgan fingerprint density at radius 3 is 1.41 bits per heavy atom. The van der Waals surface area contributed by atoms with Gasteiger partial charge in [-0.05, 0) is 0 Å². The number of hydrogen-bond acceptors (Lipinski definition) is 0. The summed E-state index contributed by atoms with van der Waals surface area (Å²) in [6.45, 7) is 14.6. The van der Waals surface area contributed by atoms with Gasteiger partial charge in [-0.25, -0.2) is 0 Å². The molecule has 0 amide bonds. The Hall–Kier alpha value is -1.13. The molecule has 0 unspecified atom stereocenters. The predicted molar refractivity (Wildman–Crippen MR) is 156 cm³/mol. The van der Waals surface area contributed by atoms with Crippen LogP contribution in [-0.4, -0.2) is 11.3 Å². The number of benzene rings is 2. The monoisotopic (exact) mass is 478 g/mol. The summed E-state index contributed by atoms with van der Waals surface area (Å²) in [6, 6.07) is 17.4. The molecular formula is C33H51P. The van der Waals surface area contributed by atoms with Crippen LogP contribution in [0.15, 0.2) is 42.5 Å². The van der Waals surface area contributed by atoms with E-state index in [2.05, 4.69) is 84.0 Å². The van der Waals surface area contributed by atoms with Crippen molar-refractivity contribution in [2.45, 2.75) is 135 Å². The van der Waals surface area contributed by atoms with Crippen molar-refractivity contribution in [2.24, 2.45) is 0 Å². The molecule has 0 nitrogen and oxygen atoms in total. The van der Waals surface area contributed by atoms with E-state index in [0.717, 1.165) is 11.3 Å². The molecule has 2 aromatic rings. The standard InChI is InChI=1S/C33H51P/c1-24(2)27-22-31(25(3)4)33(32(23-27)26(5)6)34(28-16-10-7-11-17-28,29-18-12-8-13-19-29)30-20-14-9-15-21-30/h7,10-11,16-17,22-26,29-30,34H,8-9,12-15,18-21H2,1-6H3. The Morgan fingerprint density at radius 2 is 1.03 bits per heavy atom. The molecule has 1 heteroatoms. The van der Waals surface area contributed by atoms with Crippen LogP contribution in [-0.2, 0) is 0 Å². The van der Waals surface area contributed by atoms with E-state index in [4.69, 9.17) is 0 Å². The first-order valence-electron chi connectivity index (χ1n) is 14.6. The molecule has 2 aliphatic carbocycles. The van der Waals surface area contributed by atoms with E-state index in [9.17, 15) is 0 Å². The molecule has 2 fully saturated rings. The normalized spacial score (nSPS) is 19.3. The zero-order chi connectivity index (χ0) is 24.3. The molecular weight excluding hydrogens is 427 g/mol. The summed E-state index contributed by atoms with van der Waals surface area (Å²) in [5.74, 6) is 1.74. The fourth-order valence-electron chi connectivity index (χ4n) is 7.62. The zero-order valence-corrected chi connectivity index (χ0v) is 24.0. The van der Waals surface area contributed by atoms with Crippen molar-refractivity contribution in [3.8, 4) is 0 Å². The fourth-order valence-corrected chi connectivity index (χ4v) is 15.4. The van der Waals surface area contributed by atoms with Crippen molar-refractivity contribution < 1.29 is 0 Å². The van der Waals surface area contributed by atoms with Gasteiger partial charge in [0.2, 0.25) is 0 Å². The molecule has 0 aromatic heterocycles. The van der Waals surface area contributed by atoms with Gasteiger partial charge < -0.3 is 0 Å². The molecule has 0 spiro atoms. The van der Waals surface area contributed by atoms with Crippen LogP contribution in [0.1, 0.15) is 140 Å². The van der Waals surface area contributed by atoms with Crippen LogP contribution in [0.2, 0.25) is 0 Å². The molecule has 2 aliphatic rings. The van der Waals surface area contributed by atoms with Gasteiger partial charge in [-0.1, -0.05) is 0 Å². The molecule has 0 saturated heterocycles. The first-order valence-corrected chi connectivity index (χ1v) is 16.8. The topological polar surface area (TPSA) is 0 Å². The van der Waals surface area contributed by atoms with Crippen molar-refractivity contribution in [2.75, 3.05) is 0 Å². The Bertz CT molecular complexity index is 864. The number of hydrogen-bond donors (Lipinski definition) is 0. The summed E-state index contributed by atoms with van der Waals surface area (Å²) in [7, 11) is -2.02.